The highest BCUT2D eigenvalue weighted by Crippen LogP contribution is 2.35. The Morgan fingerprint density at radius 2 is 2.00 bits per heavy atom. The summed E-state index contributed by atoms with van der Waals surface area (Å²) in [6.45, 7) is 0.883. The molecule has 8 heteroatoms. The number of piperidine rings is 1. The zero-order valence-electron chi connectivity index (χ0n) is 13.2. The Morgan fingerprint density at radius 1 is 1.33 bits per heavy atom. The van der Waals surface area contributed by atoms with Crippen molar-refractivity contribution in [2.75, 3.05) is 19.3 Å². The summed E-state index contributed by atoms with van der Waals surface area (Å²) in [4.78, 5) is 13.1. The van der Waals surface area contributed by atoms with Crippen molar-refractivity contribution in [3.63, 3.8) is 0 Å². The van der Waals surface area contributed by atoms with Gasteiger partial charge in [0.1, 0.15) is 6.61 Å². The Labute approximate surface area is 150 Å². The Bertz CT molecular complexity index is 854. The quantitative estimate of drug-likeness (QED) is 0.755. The molecule has 0 unspecified atom stereocenters. The van der Waals surface area contributed by atoms with E-state index in [9.17, 15) is 13.2 Å². The van der Waals surface area contributed by atoms with Gasteiger partial charge in [-0.05, 0) is 18.9 Å². The molecule has 1 fully saturated rings. The highest BCUT2D eigenvalue weighted by atomic mass is 35.5. The van der Waals surface area contributed by atoms with Gasteiger partial charge in [0.2, 0.25) is 10.0 Å². The van der Waals surface area contributed by atoms with Crippen molar-refractivity contribution in [2.24, 2.45) is 5.92 Å². The summed E-state index contributed by atoms with van der Waals surface area (Å²) in [5.74, 6) is -0.534. The predicted octanol–water partition coefficient (Wildman–Crippen LogP) is 3.27. The molecule has 1 saturated heterocycles. The van der Waals surface area contributed by atoms with Crippen molar-refractivity contribution in [1.82, 2.24) is 4.31 Å². The summed E-state index contributed by atoms with van der Waals surface area (Å²) in [6, 6.07) is 7.80. The number of hydrogen-bond donors (Lipinski definition) is 0. The summed E-state index contributed by atoms with van der Waals surface area (Å²) in [5.41, 5.74) is 0. The first-order valence-electron chi connectivity index (χ1n) is 7.64. The lowest BCUT2D eigenvalue weighted by Crippen LogP contribution is -2.40. The Balaban J connectivity index is 1.59. The maximum Gasteiger partial charge on any atom is 0.309 e. The SMILES string of the molecule is CS(=O)(=O)N1CCC(C(=O)OCc2sc3ccccc3c2Cl)CC1. The van der Waals surface area contributed by atoms with Gasteiger partial charge in [-0.2, -0.15) is 0 Å². The van der Waals surface area contributed by atoms with Crippen molar-refractivity contribution in [3.05, 3.63) is 34.2 Å². The van der Waals surface area contributed by atoms with Crippen LogP contribution < -0.4 is 0 Å². The zero-order chi connectivity index (χ0) is 17.3. The number of hydrogen-bond acceptors (Lipinski definition) is 5. The van der Waals surface area contributed by atoms with Gasteiger partial charge >= 0.3 is 5.97 Å². The third-order valence-corrected chi connectivity index (χ3v) is 7.19. The topological polar surface area (TPSA) is 63.7 Å². The van der Waals surface area contributed by atoms with Crippen LogP contribution in [0.15, 0.2) is 24.3 Å². The minimum Gasteiger partial charge on any atom is -0.460 e. The van der Waals surface area contributed by atoms with Gasteiger partial charge < -0.3 is 4.74 Å². The highest BCUT2D eigenvalue weighted by Gasteiger charge is 2.30. The first-order chi connectivity index (χ1) is 11.4. The number of thiophene rings is 1. The monoisotopic (exact) mass is 387 g/mol. The van der Waals surface area contributed by atoms with Gasteiger partial charge in [-0.1, -0.05) is 29.8 Å². The molecule has 0 atom stereocenters. The van der Waals surface area contributed by atoms with Crippen molar-refractivity contribution in [3.8, 4) is 0 Å². The number of ether oxygens (including phenoxy) is 1. The largest absolute Gasteiger partial charge is 0.460 e. The van der Waals surface area contributed by atoms with Crippen LogP contribution in [0.5, 0.6) is 0 Å². The van der Waals surface area contributed by atoms with Gasteiger partial charge in [0.05, 0.1) is 22.1 Å². The lowest BCUT2D eigenvalue weighted by atomic mass is 9.98. The molecular weight excluding hydrogens is 370 g/mol. The van der Waals surface area contributed by atoms with Crippen LogP contribution in [-0.4, -0.2) is 38.0 Å². The second-order valence-electron chi connectivity index (χ2n) is 5.88. The van der Waals surface area contributed by atoms with Crippen LogP contribution >= 0.6 is 22.9 Å². The van der Waals surface area contributed by atoms with E-state index < -0.39 is 10.0 Å². The molecule has 1 aromatic carbocycles. The second kappa shape index (κ2) is 7.00. The van der Waals surface area contributed by atoms with E-state index in [2.05, 4.69) is 0 Å². The molecular formula is C16H18ClNO4S2. The minimum absolute atomic E-state index is 0.156. The predicted molar refractivity (Wildman–Crippen MR) is 95.8 cm³/mol. The Kier molecular flexibility index (Phi) is 5.15. The minimum atomic E-state index is -3.19. The molecule has 2 aromatic rings. The van der Waals surface area contributed by atoms with Gasteiger partial charge in [-0.3, -0.25) is 4.79 Å². The lowest BCUT2D eigenvalue weighted by molar-refractivity contribution is -0.151. The molecule has 0 spiro atoms. The van der Waals surface area contributed by atoms with Gasteiger partial charge in [0.15, 0.2) is 0 Å². The lowest BCUT2D eigenvalue weighted by Gasteiger charge is -2.28. The van der Waals surface area contributed by atoms with Gasteiger partial charge in [0, 0.05) is 23.2 Å². The number of nitrogens with zero attached hydrogens (tertiary/aromatic N) is 1. The van der Waals surface area contributed by atoms with Crippen LogP contribution in [0.25, 0.3) is 10.1 Å². The van der Waals surface area contributed by atoms with E-state index in [1.54, 1.807) is 0 Å². The van der Waals surface area contributed by atoms with E-state index in [-0.39, 0.29) is 18.5 Å². The second-order valence-corrected chi connectivity index (χ2v) is 9.38. The molecule has 3 rings (SSSR count). The number of fused-ring (bicyclic) bond motifs is 1. The summed E-state index contributed by atoms with van der Waals surface area (Å²) in [6.07, 6.45) is 2.17. The van der Waals surface area contributed by atoms with E-state index in [4.69, 9.17) is 16.3 Å². The molecule has 0 bridgehead atoms. The molecule has 5 nitrogen and oxygen atoms in total. The van der Waals surface area contributed by atoms with Crippen LogP contribution in [0.1, 0.15) is 17.7 Å². The van der Waals surface area contributed by atoms with E-state index in [0.29, 0.717) is 31.0 Å². The number of rotatable bonds is 4. The molecule has 0 saturated carbocycles. The van der Waals surface area contributed by atoms with E-state index in [1.165, 1.54) is 21.9 Å². The highest BCUT2D eigenvalue weighted by molar-refractivity contribution is 7.88. The first kappa shape index (κ1) is 17.7. The molecule has 24 heavy (non-hydrogen) atoms. The summed E-state index contributed by atoms with van der Waals surface area (Å²) >= 11 is 7.86. The van der Waals surface area contributed by atoms with Crippen LogP contribution in [0, 0.1) is 5.92 Å². The molecule has 1 aliphatic heterocycles. The van der Waals surface area contributed by atoms with Crippen molar-refractivity contribution < 1.29 is 17.9 Å². The molecule has 0 amide bonds. The van der Waals surface area contributed by atoms with Crippen LogP contribution in [0.3, 0.4) is 0 Å². The van der Waals surface area contributed by atoms with Crippen molar-refractivity contribution in [2.45, 2.75) is 19.4 Å². The fourth-order valence-corrected chi connectivity index (χ4v) is 5.11. The third-order valence-electron chi connectivity index (χ3n) is 4.20. The fourth-order valence-electron chi connectivity index (χ4n) is 2.84. The van der Waals surface area contributed by atoms with Crippen molar-refractivity contribution >= 4 is 49.0 Å². The fraction of sp³-hybridized carbons (Fsp3) is 0.438. The zero-order valence-corrected chi connectivity index (χ0v) is 15.6. The standard InChI is InChI=1S/C16H18ClNO4S2/c1-24(20,21)18-8-6-11(7-9-18)16(19)22-10-14-15(17)12-4-2-3-5-13(12)23-14/h2-5,11H,6-10H2,1H3. The van der Waals surface area contributed by atoms with Crippen LogP contribution in [0.2, 0.25) is 5.02 Å². The normalized spacial score (nSPS) is 17.2. The van der Waals surface area contributed by atoms with Gasteiger partial charge in [-0.25, -0.2) is 12.7 Å². The summed E-state index contributed by atoms with van der Waals surface area (Å²) < 4.78 is 30.9. The number of benzene rings is 1. The number of carbonyl (C=O) groups excluding carboxylic acids is 1. The molecule has 130 valence electrons. The van der Waals surface area contributed by atoms with E-state index >= 15 is 0 Å². The maximum atomic E-state index is 12.2. The number of sulfonamides is 1. The average molecular weight is 388 g/mol. The average Bonchev–Trinajstić information content (AvgIpc) is 2.88. The maximum absolute atomic E-state index is 12.2. The van der Waals surface area contributed by atoms with Crippen LogP contribution in [0.4, 0.5) is 0 Å². The Morgan fingerprint density at radius 3 is 2.62 bits per heavy atom. The molecule has 1 aliphatic rings. The van der Waals surface area contributed by atoms with E-state index in [0.717, 1.165) is 15.0 Å². The van der Waals surface area contributed by atoms with Gasteiger partial charge in [-0.15, -0.1) is 11.3 Å². The molecule has 0 N–H and O–H groups in total. The number of esters is 1. The first-order valence-corrected chi connectivity index (χ1v) is 10.7. The van der Waals surface area contributed by atoms with Gasteiger partial charge in [0.25, 0.3) is 0 Å². The molecule has 1 aromatic heterocycles. The summed E-state index contributed by atoms with van der Waals surface area (Å²) in [7, 11) is -3.19. The number of carbonyl (C=O) groups is 1. The Hall–Kier alpha value is -1.15. The van der Waals surface area contributed by atoms with E-state index in [1.807, 2.05) is 24.3 Å². The third kappa shape index (κ3) is 3.74. The van der Waals surface area contributed by atoms with Crippen LogP contribution in [-0.2, 0) is 26.2 Å². The van der Waals surface area contributed by atoms with Crippen molar-refractivity contribution in [1.29, 1.82) is 0 Å². The molecule has 0 aliphatic carbocycles. The summed E-state index contributed by atoms with van der Waals surface area (Å²) in [5, 5.41) is 1.60. The smallest absolute Gasteiger partial charge is 0.309 e. The number of halogens is 1. The molecule has 2 heterocycles. The molecule has 0 radical (unpaired) electrons.